The van der Waals surface area contributed by atoms with E-state index in [1.165, 1.54) is 27.5 Å². The summed E-state index contributed by atoms with van der Waals surface area (Å²) in [6.45, 7) is 2.19. The van der Waals surface area contributed by atoms with Crippen LogP contribution in [0.25, 0.3) is 16.3 Å². The highest BCUT2D eigenvalue weighted by molar-refractivity contribution is 5.97. The van der Waals surface area contributed by atoms with E-state index in [4.69, 9.17) is 4.74 Å². The SMILES string of the molecule is COc1ccc(C2=CC=C(C)CC2)c2ccccc12. The highest BCUT2D eigenvalue weighted by Gasteiger charge is 2.11. The van der Waals surface area contributed by atoms with Gasteiger partial charge in [0.05, 0.1) is 7.11 Å². The van der Waals surface area contributed by atoms with Gasteiger partial charge in [0, 0.05) is 5.39 Å². The van der Waals surface area contributed by atoms with E-state index in [9.17, 15) is 0 Å². The summed E-state index contributed by atoms with van der Waals surface area (Å²) in [5.74, 6) is 0.947. The molecule has 0 atom stereocenters. The van der Waals surface area contributed by atoms with Crippen molar-refractivity contribution in [1.29, 1.82) is 0 Å². The highest BCUT2D eigenvalue weighted by Crippen LogP contribution is 2.35. The molecule has 0 heterocycles. The van der Waals surface area contributed by atoms with E-state index in [0.29, 0.717) is 0 Å². The minimum absolute atomic E-state index is 0.947. The minimum Gasteiger partial charge on any atom is -0.496 e. The molecular formula is C18H18O. The van der Waals surface area contributed by atoms with Crippen LogP contribution in [0.3, 0.4) is 0 Å². The first-order valence-corrected chi connectivity index (χ1v) is 6.72. The Bertz CT molecular complexity index is 677. The van der Waals surface area contributed by atoms with Gasteiger partial charge in [0.15, 0.2) is 0 Å². The maximum Gasteiger partial charge on any atom is 0.126 e. The molecule has 0 aromatic heterocycles. The Morgan fingerprint density at radius 3 is 2.37 bits per heavy atom. The molecule has 0 saturated carbocycles. The Kier molecular flexibility index (Phi) is 3.12. The van der Waals surface area contributed by atoms with Crippen LogP contribution in [0.2, 0.25) is 0 Å². The Balaban J connectivity index is 2.20. The molecule has 2 aromatic carbocycles. The molecule has 0 unspecified atom stereocenters. The summed E-state index contributed by atoms with van der Waals surface area (Å²) in [5, 5.41) is 2.47. The number of fused-ring (bicyclic) bond motifs is 1. The van der Waals surface area contributed by atoms with Gasteiger partial charge in [-0.15, -0.1) is 0 Å². The average molecular weight is 250 g/mol. The average Bonchev–Trinajstić information content (AvgIpc) is 2.47. The minimum atomic E-state index is 0.947. The Morgan fingerprint density at radius 2 is 1.68 bits per heavy atom. The fraction of sp³-hybridized carbons (Fsp3) is 0.222. The second-order valence-corrected chi connectivity index (χ2v) is 5.07. The summed E-state index contributed by atoms with van der Waals surface area (Å²) < 4.78 is 5.46. The largest absolute Gasteiger partial charge is 0.496 e. The number of benzene rings is 2. The smallest absolute Gasteiger partial charge is 0.126 e. The first-order valence-electron chi connectivity index (χ1n) is 6.72. The van der Waals surface area contributed by atoms with Crippen molar-refractivity contribution in [2.75, 3.05) is 7.11 Å². The standard InChI is InChI=1S/C18H18O/c1-13-7-9-14(10-8-13)15-11-12-18(19-2)17-6-4-3-5-16(15)17/h3-7,9,11-12H,8,10H2,1-2H3. The van der Waals surface area contributed by atoms with Crippen LogP contribution < -0.4 is 4.74 Å². The van der Waals surface area contributed by atoms with Crippen molar-refractivity contribution in [2.24, 2.45) is 0 Å². The molecule has 0 saturated heterocycles. The lowest BCUT2D eigenvalue weighted by Gasteiger charge is -2.16. The molecule has 2 aromatic rings. The van der Waals surface area contributed by atoms with Crippen LogP contribution >= 0.6 is 0 Å². The predicted octanol–water partition coefficient (Wildman–Crippen LogP) is 4.97. The lowest BCUT2D eigenvalue weighted by atomic mass is 9.90. The number of rotatable bonds is 2. The molecule has 0 N–H and O–H groups in total. The zero-order valence-corrected chi connectivity index (χ0v) is 11.4. The number of hydrogen-bond acceptors (Lipinski definition) is 1. The van der Waals surface area contributed by atoms with Crippen LogP contribution in [0.15, 0.2) is 54.1 Å². The van der Waals surface area contributed by atoms with Gasteiger partial charge in [-0.3, -0.25) is 0 Å². The van der Waals surface area contributed by atoms with E-state index in [2.05, 4.69) is 55.5 Å². The summed E-state index contributed by atoms with van der Waals surface area (Å²) >= 11 is 0. The van der Waals surface area contributed by atoms with Crippen molar-refractivity contribution in [3.63, 3.8) is 0 Å². The van der Waals surface area contributed by atoms with E-state index in [-0.39, 0.29) is 0 Å². The molecule has 3 rings (SSSR count). The normalized spacial score (nSPS) is 15.1. The van der Waals surface area contributed by atoms with E-state index in [1.807, 2.05) is 0 Å². The molecule has 1 nitrogen and oxygen atoms in total. The lowest BCUT2D eigenvalue weighted by molar-refractivity contribution is 0.420. The summed E-state index contributed by atoms with van der Waals surface area (Å²) in [7, 11) is 1.73. The number of allylic oxidation sites excluding steroid dienone is 4. The molecule has 1 heteroatoms. The van der Waals surface area contributed by atoms with Crippen molar-refractivity contribution in [2.45, 2.75) is 19.8 Å². The van der Waals surface area contributed by atoms with Crippen molar-refractivity contribution in [1.82, 2.24) is 0 Å². The summed E-state index contributed by atoms with van der Waals surface area (Å²) in [6, 6.07) is 12.7. The Hall–Kier alpha value is -2.02. The zero-order valence-electron chi connectivity index (χ0n) is 11.4. The van der Waals surface area contributed by atoms with Crippen LogP contribution in [0.1, 0.15) is 25.3 Å². The number of ether oxygens (including phenoxy) is 1. The third-order valence-corrected chi connectivity index (χ3v) is 3.81. The van der Waals surface area contributed by atoms with Crippen LogP contribution in [0, 0.1) is 0 Å². The first kappa shape index (κ1) is 12.0. The first-order chi connectivity index (χ1) is 9.29. The fourth-order valence-electron chi connectivity index (χ4n) is 2.70. The van der Waals surface area contributed by atoms with Gasteiger partial charge in [-0.25, -0.2) is 0 Å². The van der Waals surface area contributed by atoms with Gasteiger partial charge in [-0.05, 0) is 42.4 Å². The van der Waals surface area contributed by atoms with Crippen LogP contribution in [-0.4, -0.2) is 7.11 Å². The summed E-state index contributed by atoms with van der Waals surface area (Å²) in [5.41, 5.74) is 4.21. The van der Waals surface area contributed by atoms with E-state index in [1.54, 1.807) is 7.11 Å². The highest BCUT2D eigenvalue weighted by atomic mass is 16.5. The second-order valence-electron chi connectivity index (χ2n) is 5.07. The van der Waals surface area contributed by atoms with Gasteiger partial charge in [-0.1, -0.05) is 48.1 Å². The molecule has 0 fully saturated rings. The van der Waals surface area contributed by atoms with E-state index >= 15 is 0 Å². The molecule has 96 valence electrons. The fourth-order valence-corrected chi connectivity index (χ4v) is 2.70. The van der Waals surface area contributed by atoms with E-state index < -0.39 is 0 Å². The number of hydrogen-bond donors (Lipinski definition) is 0. The maximum atomic E-state index is 5.46. The van der Waals surface area contributed by atoms with Gasteiger partial charge < -0.3 is 4.74 Å². The van der Waals surface area contributed by atoms with Gasteiger partial charge in [0.2, 0.25) is 0 Å². The monoisotopic (exact) mass is 250 g/mol. The Morgan fingerprint density at radius 1 is 0.895 bits per heavy atom. The topological polar surface area (TPSA) is 9.23 Å². The lowest BCUT2D eigenvalue weighted by Crippen LogP contribution is -1.94. The van der Waals surface area contributed by atoms with Gasteiger partial charge in [0.1, 0.15) is 5.75 Å². The zero-order chi connectivity index (χ0) is 13.2. The van der Waals surface area contributed by atoms with Gasteiger partial charge >= 0.3 is 0 Å². The molecule has 0 radical (unpaired) electrons. The molecule has 19 heavy (non-hydrogen) atoms. The number of methoxy groups -OCH3 is 1. The second kappa shape index (κ2) is 4.93. The third kappa shape index (κ3) is 2.17. The van der Waals surface area contributed by atoms with Crippen molar-refractivity contribution < 1.29 is 4.74 Å². The predicted molar refractivity (Wildman–Crippen MR) is 81.5 cm³/mol. The van der Waals surface area contributed by atoms with Crippen LogP contribution in [0.4, 0.5) is 0 Å². The summed E-state index contributed by atoms with van der Waals surface area (Å²) in [4.78, 5) is 0. The molecule has 0 aliphatic heterocycles. The molecular weight excluding hydrogens is 232 g/mol. The quantitative estimate of drug-likeness (QED) is 0.731. The van der Waals surface area contributed by atoms with Crippen LogP contribution in [-0.2, 0) is 0 Å². The Labute approximate surface area is 114 Å². The third-order valence-electron chi connectivity index (χ3n) is 3.81. The molecule has 0 bridgehead atoms. The van der Waals surface area contributed by atoms with E-state index in [0.717, 1.165) is 18.6 Å². The molecule has 0 amide bonds. The molecule has 0 spiro atoms. The van der Waals surface area contributed by atoms with Crippen molar-refractivity contribution >= 4 is 16.3 Å². The van der Waals surface area contributed by atoms with Crippen molar-refractivity contribution in [3.8, 4) is 5.75 Å². The maximum absolute atomic E-state index is 5.46. The van der Waals surface area contributed by atoms with Gasteiger partial charge in [0.25, 0.3) is 0 Å². The van der Waals surface area contributed by atoms with Gasteiger partial charge in [-0.2, -0.15) is 0 Å². The summed E-state index contributed by atoms with van der Waals surface area (Å²) in [6.07, 6.45) is 6.77. The molecule has 1 aliphatic rings. The molecule has 1 aliphatic carbocycles. The van der Waals surface area contributed by atoms with Crippen molar-refractivity contribution in [3.05, 3.63) is 59.7 Å². The van der Waals surface area contributed by atoms with Crippen LogP contribution in [0.5, 0.6) is 5.75 Å².